The number of imide groups is 1. The largest absolute Gasteiger partial charge is 0.280 e. The smallest absolute Gasteiger partial charge is 0.268 e. The molecule has 0 atom stereocenters. The van der Waals surface area contributed by atoms with E-state index in [2.05, 4.69) is 0 Å². The first-order chi connectivity index (χ1) is 14.5. The highest BCUT2D eigenvalue weighted by atomic mass is 35.5. The molecule has 0 unspecified atom stereocenters. The number of allylic oxidation sites excluding steroid dienone is 1. The topological polar surface area (TPSA) is 57.7 Å². The molecule has 2 aromatic carbocycles. The molecule has 0 radical (unpaired) electrons. The number of benzene rings is 2. The molecule has 0 bridgehead atoms. The first-order valence-electron chi connectivity index (χ1n) is 10.5. The van der Waals surface area contributed by atoms with E-state index in [1.807, 2.05) is 39.0 Å². The highest BCUT2D eigenvalue weighted by molar-refractivity contribution is 6.11. The van der Waals surface area contributed by atoms with Crippen molar-refractivity contribution in [1.82, 2.24) is 10.0 Å². The molecule has 6 heteroatoms. The molecule has 0 fully saturated rings. The van der Waals surface area contributed by atoms with Crippen molar-refractivity contribution >= 4 is 30.1 Å². The Bertz CT molecular complexity index is 984. The zero-order valence-electron chi connectivity index (χ0n) is 19.9. The Morgan fingerprint density at radius 2 is 1.38 bits per heavy atom. The highest BCUT2D eigenvalue weighted by Gasteiger charge is 2.39. The normalized spacial score (nSPS) is 11.1. The molecule has 5 nitrogen and oxygen atoms in total. The lowest BCUT2D eigenvalue weighted by Crippen LogP contribution is -2.59. The molecule has 2 rings (SSSR count). The number of hydrogen-bond donors (Lipinski definition) is 0. The zero-order chi connectivity index (χ0) is 23.3. The van der Waals surface area contributed by atoms with Gasteiger partial charge in [0, 0.05) is 17.2 Å². The summed E-state index contributed by atoms with van der Waals surface area (Å²) in [5, 5.41) is 2.22. The zero-order valence-corrected chi connectivity index (χ0v) is 20.7. The second-order valence-corrected chi connectivity index (χ2v) is 8.67. The van der Waals surface area contributed by atoms with Crippen molar-refractivity contribution in [2.24, 2.45) is 0 Å². The van der Waals surface area contributed by atoms with Crippen molar-refractivity contribution in [3.8, 4) is 0 Å². The minimum atomic E-state index is -0.815. The number of hydrogen-bond acceptors (Lipinski definition) is 3. The molecule has 0 aliphatic carbocycles. The summed E-state index contributed by atoms with van der Waals surface area (Å²) in [5.41, 5.74) is 2.79. The van der Waals surface area contributed by atoms with Crippen LogP contribution in [0.5, 0.6) is 0 Å². The molecule has 32 heavy (non-hydrogen) atoms. The standard InChI is InChI=1S/C26H32N2O3.ClH/c1-8-10-23(29)28(26(5,6)7)27(24(30)21-13-11-20(9-2)12-14-21)25(31)22-16-18(3)15-19(4)17-22;/h8,10-17H,9H2,1-7H3;1H. The van der Waals surface area contributed by atoms with Crippen LogP contribution in [-0.4, -0.2) is 33.3 Å². The number of nitrogens with zero attached hydrogens (tertiary/aromatic N) is 2. The number of carbonyl (C=O) groups excluding carboxylic acids is 3. The molecule has 0 saturated carbocycles. The van der Waals surface area contributed by atoms with Crippen molar-refractivity contribution in [2.45, 2.75) is 60.4 Å². The molecular formula is C26H33ClN2O3. The van der Waals surface area contributed by atoms with Gasteiger partial charge in [-0.3, -0.25) is 14.4 Å². The number of hydrazine groups is 1. The summed E-state index contributed by atoms with van der Waals surface area (Å²) in [5.74, 6) is -1.52. The number of carbonyl (C=O) groups is 3. The molecule has 0 aliphatic rings. The van der Waals surface area contributed by atoms with Crippen molar-refractivity contribution in [3.05, 3.63) is 82.4 Å². The summed E-state index contributed by atoms with van der Waals surface area (Å²) in [7, 11) is 0. The van der Waals surface area contributed by atoms with Crippen LogP contribution < -0.4 is 0 Å². The number of halogens is 1. The van der Waals surface area contributed by atoms with Gasteiger partial charge >= 0.3 is 0 Å². The van der Waals surface area contributed by atoms with Gasteiger partial charge in [-0.15, -0.1) is 12.4 Å². The van der Waals surface area contributed by atoms with E-state index in [-0.39, 0.29) is 12.4 Å². The van der Waals surface area contributed by atoms with Crippen molar-refractivity contribution in [1.29, 1.82) is 0 Å². The summed E-state index contributed by atoms with van der Waals surface area (Å²) >= 11 is 0. The average molecular weight is 457 g/mol. The van der Waals surface area contributed by atoms with Crippen LogP contribution in [0.3, 0.4) is 0 Å². The van der Waals surface area contributed by atoms with E-state index >= 15 is 0 Å². The molecule has 0 aromatic heterocycles. The monoisotopic (exact) mass is 456 g/mol. The van der Waals surface area contributed by atoms with Crippen molar-refractivity contribution in [3.63, 3.8) is 0 Å². The Kier molecular flexibility index (Phi) is 9.40. The molecule has 2 aromatic rings. The van der Waals surface area contributed by atoms with Gasteiger partial charge in [-0.1, -0.05) is 42.3 Å². The third kappa shape index (κ3) is 6.30. The Morgan fingerprint density at radius 1 is 0.875 bits per heavy atom. The summed E-state index contributed by atoms with van der Waals surface area (Å²) < 4.78 is 0. The van der Waals surface area contributed by atoms with Gasteiger partial charge in [0.2, 0.25) is 0 Å². The fourth-order valence-electron chi connectivity index (χ4n) is 3.44. The quantitative estimate of drug-likeness (QED) is 0.337. The van der Waals surface area contributed by atoms with E-state index < -0.39 is 23.3 Å². The molecular weight excluding hydrogens is 424 g/mol. The summed E-state index contributed by atoms with van der Waals surface area (Å²) in [4.78, 5) is 40.3. The van der Waals surface area contributed by atoms with Crippen LogP contribution in [-0.2, 0) is 11.2 Å². The molecule has 0 spiro atoms. The molecule has 0 saturated heterocycles. The van der Waals surface area contributed by atoms with Crippen molar-refractivity contribution in [2.75, 3.05) is 0 Å². The minimum Gasteiger partial charge on any atom is -0.268 e. The number of amides is 3. The molecule has 0 aliphatic heterocycles. The van der Waals surface area contributed by atoms with Gasteiger partial charge < -0.3 is 0 Å². The Hall–Kier alpha value is -2.92. The third-order valence-corrected chi connectivity index (χ3v) is 4.82. The lowest BCUT2D eigenvalue weighted by molar-refractivity contribution is -0.145. The van der Waals surface area contributed by atoms with Gasteiger partial charge in [0.15, 0.2) is 0 Å². The fraction of sp³-hybridized carbons (Fsp3) is 0.346. The van der Waals surface area contributed by atoms with E-state index in [1.165, 1.54) is 11.1 Å². The SMILES string of the molecule is CC=CC(=O)N(N(C(=O)c1ccc(CC)cc1)C(=O)c1cc(C)cc(C)c1)C(C)(C)C.Cl. The van der Waals surface area contributed by atoms with Gasteiger partial charge in [-0.25, -0.2) is 5.01 Å². The molecule has 0 heterocycles. The number of aryl methyl sites for hydroxylation is 3. The maximum Gasteiger partial charge on any atom is 0.280 e. The Labute approximate surface area is 197 Å². The predicted molar refractivity (Wildman–Crippen MR) is 131 cm³/mol. The van der Waals surface area contributed by atoms with E-state index in [0.717, 1.165) is 28.1 Å². The third-order valence-electron chi connectivity index (χ3n) is 4.82. The van der Waals surface area contributed by atoms with E-state index in [0.29, 0.717) is 11.1 Å². The van der Waals surface area contributed by atoms with Crippen LogP contribution in [0, 0.1) is 13.8 Å². The van der Waals surface area contributed by atoms with Crippen LogP contribution in [0.2, 0.25) is 0 Å². The Morgan fingerprint density at radius 3 is 1.81 bits per heavy atom. The summed E-state index contributed by atoms with van der Waals surface area (Å²) in [6.07, 6.45) is 3.80. The predicted octanol–water partition coefficient (Wildman–Crippen LogP) is 5.69. The van der Waals surface area contributed by atoms with Gasteiger partial charge in [-0.2, -0.15) is 5.01 Å². The van der Waals surface area contributed by atoms with Crippen LogP contribution in [0.15, 0.2) is 54.6 Å². The first-order valence-corrected chi connectivity index (χ1v) is 10.5. The highest BCUT2D eigenvalue weighted by Crippen LogP contribution is 2.23. The second-order valence-electron chi connectivity index (χ2n) is 8.67. The van der Waals surface area contributed by atoms with Gasteiger partial charge in [0.25, 0.3) is 17.7 Å². The summed E-state index contributed by atoms with van der Waals surface area (Å²) in [6, 6.07) is 12.5. The summed E-state index contributed by atoms with van der Waals surface area (Å²) in [6.45, 7) is 12.9. The van der Waals surface area contributed by atoms with Crippen LogP contribution >= 0.6 is 12.4 Å². The second kappa shape index (κ2) is 11.1. The van der Waals surface area contributed by atoms with Crippen LogP contribution in [0.25, 0.3) is 0 Å². The van der Waals surface area contributed by atoms with Crippen molar-refractivity contribution < 1.29 is 14.4 Å². The minimum absolute atomic E-state index is 0. The van der Waals surface area contributed by atoms with Gasteiger partial charge in [-0.05, 0) is 77.8 Å². The lowest BCUT2D eigenvalue weighted by Gasteiger charge is -2.41. The van der Waals surface area contributed by atoms with E-state index in [4.69, 9.17) is 0 Å². The Balaban J connectivity index is 0.00000512. The molecule has 3 amide bonds. The lowest BCUT2D eigenvalue weighted by atomic mass is 10.0. The van der Waals surface area contributed by atoms with E-state index in [9.17, 15) is 14.4 Å². The fourth-order valence-corrected chi connectivity index (χ4v) is 3.44. The van der Waals surface area contributed by atoms with Gasteiger partial charge in [0.1, 0.15) is 0 Å². The van der Waals surface area contributed by atoms with E-state index in [1.54, 1.807) is 58.0 Å². The molecule has 0 N–H and O–H groups in total. The average Bonchev–Trinajstić information content (AvgIpc) is 2.69. The van der Waals surface area contributed by atoms with Crippen LogP contribution in [0.1, 0.15) is 72.0 Å². The maximum atomic E-state index is 13.7. The molecule has 172 valence electrons. The number of rotatable bonds is 4. The first kappa shape index (κ1) is 27.1. The maximum absolute atomic E-state index is 13.7. The van der Waals surface area contributed by atoms with Crippen LogP contribution in [0.4, 0.5) is 0 Å². The van der Waals surface area contributed by atoms with Gasteiger partial charge in [0.05, 0.1) is 5.54 Å².